The van der Waals surface area contributed by atoms with E-state index < -0.39 is 34.7 Å². The highest BCUT2D eigenvalue weighted by atomic mass is 16.3. The molecule has 4 fully saturated rings. The van der Waals surface area contributed by atoms with Crippen LogP contribution in [0.25, 0.3) is 0 Å². The Hall–Kier alpha value is -1.79. The maximum Gasteiger partial charge on any atom is 0.159 e. The highest BCUT2D eigenvalue weighted by Crippen LogP contribution is 2.68. The van der Waals surface area contributed by atoms with Gasteiger partial charge >= 0.3 is 0 Å². The van der Waals surface area contributed by atoms with Gasteiger partial charge in [-0.2, -0.15) is 0 Å². The molecule has 10 unspecified atom stereocenters. The van der Waals surface area contributed by atoms with E-state index >= 15 is 0 Å². The Balaban J connectivity index is 1.26. The summed E-state index contributed by atoms with van der Waals surface area (Å²) in [6.45, 7) is 11.2. The number of hydrogen-bond acceptors (Lipinski definition) is 5. The fraction of sp³-hybridized carbons (Fsp3) is 0.725. The summed E-state index contributed by atoms with van der Waals surface area (Å²) in [5.74, 6) is -0.175. The van der Waals surface area contributed by atoms with Gasteiger partial charge in [-0.25, -0.2) is 0 Å². The Labute approximate surface area is 271 Å². The molecule has 10 atom stereocenters. The Morgan fingerprint density at radius 2 is 1.67 bits per heavy atom. The smallest absolute Gasteiger partial charge is 0.159 e. The van der Waals surface area contributed by atoms with E-state index in [-0.39, 0.29) is 41.3 Å². The van der Waals surface area contributed by atoms with Gasteiger partial charge in [-0.3, -0.25) is 4.79 Å². The zero-order chi connectivity index (χ0) is 32.4. The minimum Gasteiger partial charge on any atom is -0.393 e. The lowest BCUT2D eigenvalue weighted by molar-refractivity contribution is -0.154. The van der Waals surface area contributed by atoms with Crippen LogP contribution >= 0.6 is 0 Å². The summed E-state index contributed by atoms with van der Waals surface area (Å²) in [5, 5.41) is 45.8. The molecule has 1 aromatic rings. The van der Waals surface area contributed by atoms with Gasteiger partial charge in [-0.15, -0.1) is 0 Å². The number of rotatable bonds is 7. The molecule has 4 N–H and O–H groups in total. The fourth-order valence-electron chi connectivity index (χ4n) is 11.3. The number of carbonyl (C=O) groups is 1. The van der Waals surface area contributed by atoms with Gasteiger partial charge in [-0.1, -0.05) is 82.5 Å². The molecule has 6 rings (SSSR count). The zero-order valence-corrected chi connectivity index (χ0v) is 28.4. The molecular weight excluding hydrogens is 560 g/mol. The van der Waals surface area contributed by atoms with E-state index in [0.717, 1.165) is 44.1 Å². The van der Waals surface area contributed by atoms with E-state index in [1.807, 2.05) is 0 Å². The summed E-state index contributed by atoms with van der Waals surface area (Å²) >= 11 is 0. The number of ketones is 1. The van der Waals surface area contributed by atoms with Crippen molar-refractivity contribution in [1.82, 2.24) is 0 Å². The summed E-state index contributed by atoms with van der Waals surface area (Å²) in [4.78, 5) is 13.6. The summed E-state index contributed by atoms with van der Waals surface area (Å²) in [5.41, 5.74) is 3.11. The lowest BCUT2D eigenvalue weighted by Gasteiger charge is -2.60. The lowest BCUT2D eigenvalue weighted by atomic mass is 9.46. The van der Waals surface area contributed by atoms with Crippen molar-refractivity contribution in [2.24, 2.45) is 39.9 Å². The maximum atomic E-state index is 13.6. The van der Waals surface area contributed by atoms with E-state index in [1.165, 1.54) is 30.4 Å². The normalized spacial score (nSPS) is 39.8. The number of benzene rings is 1. The Kier molecular flexibility index (Phi) is 8.85. The number of hydrogen-bond donors (Lipinski definition) is 4. The van der Waals surface area contributed by atoms with Crippen LogP contribution in [0.15, 0.2) is 53.1 Å². The minimum absolute atomic E-state index is 0.00201. The maximum absolute atomic E-state index is 13.6. The molecule has 0 bridgehead atoms. The number of aliphatic hydroxyl groups is 4. The average molecular weight is 619 g/mol. The first kappa shape index (κ1) is 33.1. The van der Waals surface area contributed by atoms with Gasteiger partial charge in [0, 0.05) is 11.3 Å². The van der Waals surface area contributed by atoms with Crippen LogP contribution < -0.4 is 0 Å². The summed E-state index contributed by atoms with van der Waals surface area (Å²) in [6.07, 6.45) is 10.9. The van der Waals surface area contributed by atoms with Gasteiger partial charge < -0.3 is 20.4 Å². The molecule has 0 aromatic heterocycles. The van der Waals surface area contributed by atoms with Crippen LogP contribution in [0.5, 0.6) is 0 Å². The second-order valence-corrected chi connectivity index (χ2v) is 17.0. The first-order valence-electron chi connectivity index (χ1n) is 18.0. The van der Waals surface area contributed by atoms with Crippen molar-refractivity contribution in [3.05, 3.63) is 58.7 Å². The lowest BCUT2D eigenvalue weighted by Crippen LogP contribution is -2.61. The molecule has 5 aliphatic rings. The molecular formula is C40H58O5. The van der Waals surface area contributed by atoms with Crippen LogP contribution in [0, 0.1) is 39.9 Å². The largest absolute Gasteiger partial charge is 0.393 e. The predicted octanol–water partition coefficient (Wildman–Crippen LogP) is 7.11. The Morgan fingerprint density at radius 3 is 2.36 bits per heavy atom. The van der Waals surface area contributed by atoms with Crippen LogP contribution in [0.2, 0.25) is 0 Å². The van der Waals surface area contributed by atoms with Gasteiger partial charge in [0.2, 0.25) is 0 Å². The third-order valence-electron chi connectivity index (χ3n) is 14.0. The molecule has 45 heavy (non-hydrogen) atoms. The second-order valence-electron chi connectivity index (χ2n) is 17.0. The van der Waals surface area contributed by atoms with Gasteiger partial charge in [0.1, 0.15) is 0 Å². The first-order chi connectivity index (χ1) is 21.2. The summed E-state index contributed by atoms with van der Waals surface area (Å²) in [7, 11) is 0. The number of fused-ring (bicyclic) bond motifs is 5. The van der Waals surface area contributed by atoms with Gasteiger partial charge in [0.15, 0.2) is 5.78 Å². The third-order valence-corrected chi connectivity index (χ3v) is 14.0. The SMILES string of the molecule is CC(C(O)CC(=C1CCCCC1)C(C)(C)Cc1ccccc1)C1CCC2(O)C3=CC(=O)C4CC(O)C(O)CC4(C)C3CCC12C. The van der Waals surface area contributed by atoms with Crippen LogP contribution in [0.1, 0.15) is 117 Å². The Morgan fingerprint density at radius 1 is 0.978 bits per heavy atom. The van der Waals surface area contributed by atoms with E-state index in [2.05, 4.69) is 65.0 Å². The average Bonchev–Trinajstić information content (AvgIpc) is 3.28. The monoisotopic (exact) mass is 618 g/mol. The molecule has 1 aromatic carbocycles. The van der Waals surface area contributed by atoms with Crippen LogP contribution in [0.3, 0.4) is 0 Å². The molecule has 0 radical (unpaired) electrons. The van der Waals surface area contributed by atoms with Crippen LogP contribution in [0.4, 0.5) is 0 Å². The van der Waals surface area contributed by atoms with Crippen molar-refractivity contribution in [3.8, 4) is 0 Å². The predicted molar refractivity (Wildman–Crippen MR) is 178 cm³/mol. The van der Waals surface area contributed by atoms with Crippen molar-refractivity contribution in [2.75, 3.05) is 0 Å². The molecule has 4 saturated carbocycles. The topological polar surface area (TPSA) is 98.0 Å². The highest BCUT2D eigenvalue weighted by Gasteiger charge is 2.67. The second kappa shape index (κ2) is 12.0. The van der Waals surface area contributed by atoms with E-state index in [1.54, 1.807) is 11.6 Å². The van der Waals surface area contributed by atoms with Gasteiger partial charge in [0.25, 0.3) is 0 Å². The van der Waals surface area contributed by atoms with Crippen molar-refractivity contribution in [3.63, 3.8) is 0 Å². The molecule has 0 heterocycles. The number of aliphatic hydroxyl groups excluding tert-OH is 3. The van der Waals surface area contributed by atoms with Crippen molar-refractivity contribution >= 4 is 5.78 Å². The van der Waals surface area contributed by atoms with Gasteiger partial charge in [-0.05, 0) is 123 Å². The molecule has 5 nitrogen and oxygen atoms in total. The van der Waals surface area contributed by atoms with E-state index in [0.29, 0.717) is 19.3 Å². The molecule has 0 spiro atoms. The number of carbonyl (C=O) groups excluding carboxylic acids is 1. The molecule has 0 saturated heterocycles. The fourth-order valence-corrected chi connectivity index (χ4v) is 11.3. The quantitative estimate of drug-likeness (QED) is 0.244. The van der Waals surface area contributed by atoms with E-state index in [4.69, 9.17) is 0 Å². The molecule has 5 heteroatoms. The molecule has 0 amide bonds. The van der Waals surface area contributed by atoms with E-state index in [9.17, 15) is 25.2 Å². The minimum atomic E-state index is -1.10. The Bertz CT molecular complexity index is 1320. The summed E-state index contributed by atoms with van der Waals surface area (Å²) < 4.78 is 0. The highest BCUT2D eigenvalue weighted by molar-refractivity contribution is 5.95. The number of allylic oxidation sites excluding steroid dienone is 2. The first-order valence-corrected chi connectivity index (χ1v) is 18.0. The van der Waals surface area contributed by atoms with Crippen LogP contribution in [-0.2, 0) is 11.2 Å². The van der Waals surface area contributed by atoms with Crippen LogP contribution in [-0.4, -0.2) is 50.1 Å². The standard InChI is InChI=1S/C40H58O5/c1-25(33(41)20-30(27-14-10-7-11-15-27)37(2,3)23-26-12-8-6-9-13-26)28-17-19-40(45)31-21-34(42)32-22-35(43)36(44)24-38(32,4)29(31)16-18-39(28,40)5/h6,8-9,12-13,21,25,28-29,32-33,35-36,41,43-45H,7,10-11,14-20,22-24H2,1-5H3. The summed E-state index contributed by atoms with van der Waals surface area (Å²) in [6, 6.07) is 10.7. The third kappa shape index (κ3) is 5.52. The zero-order valence-electron chi connectivity index (χ0n) is 28.4. The van der Waals surface area contributed by atoms with Crippen molar-refractivity contribution in [1.29, 1.82) is 0 Å². The van der Waals surface area contributed by atoms with Gasteiger partial charge in [0.05, 0.1) is 23.9 Å². The molecule has 5 aliphatic carbocycles. The van der Waals surface area contributed by atoms with Crippen molar-refractivity contribution < 1.29 is 25.2 Å². The molecule has 0 aliphatic heterocycles. The van der Waals surface area contributed by atoms with Crippen molar-refractivity contribution in [2.45, 2.75) is 142 Å². The molecule has 248 valence electrons.